The molecule has 1 aromatic carbocycles. The zero-order chi connectivity index (χ0) is 13.1. The number of nitrogens with zero attached hydrogens (tertiary/aromatic N) is 1. The first kappa shape index (κ1) is 12.4. The summed E-state index contributed by atoms with van der Waals surface area (Å²) in [5, 5.41) is 0. The number of benzene rings is 1. The van der Waals surface area contributed by atoms with Crippen molar-refractivity contribution in [3.05, 3.63) is 83.8 Å². The standard InChI is InChI=1S/C17H12IN/c18-16(14-7-2-1-3-8-14)12-17-15-9-5-4-6-13(15)10-11-19-17/h1-5,7-12,15H/b16-12-. The summed E-state index contributed by atoms with van der Waals surface area (Å²) in [5.41, 5.74) is 6.75. The highest BCUT2D eigenvalue weighted by Gasteiger charge is 2.18. The van der Waals surface area contributed by atoms with E-state index in [-0.39, 0.29) is 5.92 Å². The van der Waals surface area contributed by atoms with Crippen LogP contribution in [0.25, 0.3) is 3.58 Å². The van der Waals surface area contributed by atoms with Crippen LogP contribution in [0.1, 0.15) is 5.56 Å². The third-order valence-corrected chi connectivity index (χ3v) is 4.04. The number of allylic oxidation sites excluding steroid dienone is 5. The second-order valence-electron chi connectivity index (χ2n) is 4.36. The molecule has 0 saturated carbocycles. The second-order valence-corrected chi connectivity index (χ2v) is 5.52. The molecule has 2 aliphatic rings. The van der Waals surface area contributed by atoms with E-state index in [9.17, 15) is 0 Å². The van der Waals surface area contributed by atoms with Gasteiger partial charge in [0.1, 0.15) is 0 Å². The Morgan fingerprint density at radius 3 is 2.95 bits per heavy atom. The summed E-state index contributed by atoms with van der Waals surface area (Å²) in [5.74, 6) is 0.239. The largest absolute Gasteiger partial charge is 0.260 e. The molecule has 3 rings (SSSR count). The molecule has 0 bridgehead atoms. The van der Waals surface area contributed by atoms with Crippen molar-refractivity contribution >= 4 is 31.9 Å². The van der Waals surface area contributed by atoms with E-state index in [0.717, 1.165) is 5.71 Å². The first-order chi connectivity index (χ1) is 9.34. The maximum atomic E-state index is 4.51. The quantitative estimate of drug-likeness (QED) is 0.538. The molecular formula is C17H12IN. The van der Waals surface area contributed by atoms with Gasteiger partial charge in [0, 0.05) is 15.4 Å². The number of fused-ring (bicyclic) bond motifs is 1. The lowest BCUT2D eigenvalue weighted by atomic mass is 9.89. The van der Waals surface area contributed by atoms with E-state index in [1.54, 1.807) is 0 Å². The minimum Gasteiger partial charge on any atom is -0.260 e. The molecule has 0 saturated heterocycles. The van der Waals surface area contributed by atoms with Gasteiger partial charge in [0.25, 0.3) is 0 Å². The number of rotatable bonds is 2. The van der Waals surface area contributed by atoms with Crippen molar-refractivity contribution in [3.63, 3.8) is 0 Å². The normalized spacial score (nSPS) is 20.9. The monoisotopic (exact) mass is 357 g/mol. The van der Waals surface area contributed by atoms with Gasteiger partial charge in [-0.3, -0.25) is 4.99 Å². The molecule has 1 heterocycles. The van der Waals surface area contributed by atoms with E-state index in [2.05, 4.69) is 69.7 Å². The van der Waals surface area contributed by atoms with Crippen LogP contribution in [0, 0.1) is 5.92 Å². The van der Waals surface area contributed by atoms with Gasteiger partial charge in [0.2, 0.25) is 0 Å². The Morgan fingerprint density at radius 1 is 1.26 bits per heavy atom. The molecule has 0 radical (unpaired) electrons. The maximum absolute atomic E-state index is 4.51. The Balaban J connectivity index is 1.95. The summed E-state index contributed by atoms with van der Waals surface area (Å²) in [6, 6.07) is 10.4. The fourth-order valence-corrected chi connectivity index (χ4v) is 2.81. The SMILES string of the molecule is I/C(=C\C1=NC=CC2=C=CC=CC21)c1ccccc1. The smallest absolute Gasteiger partial charge is 0.0533 e. The molecule has 1 aliphatic carbocycles. The van der Waals surface area contributed by atoms with Gasteiger partial charge in [0.15, 0.2) is 0 Å². The predicted octanol–water partition coefficient (Wildman–Crippen LogP) is 4.70. The van der Waals surface area contributed by atoms with Crippen molar-refractivity contribution in [1.82, 2.24) is 0 Å². The van der Waals surface area contributed by atoms with Crippen LogP contribution in [0.4, 0.5) is 0 Å². The number of hydrogen-bond donors (Lipinski definition) is 0. The van der Waals surface area contributed by atoms with Crippen molar-refractivity contribution in [1.29, 1.82) is 0 Å². The van der Waals surface area contributed by atoms with Crippen LogP contribution >= 0.6 is 22.6 Å². The summed E-state index contributed by atoms with van der Waals surface area (Å²) >= 11 is 2.37. The first-order valence-corrected chi connectivity index (χ1v) is 7.23. The summed E-state index contributed by atoms with van der Waals surface area (Å²) < 4.78 is 1.20. The molecule has 92 valence electrons. The number of halogens is 1. The molecule has 1 aromatic rings. The van der Waals surface area contributed by atoms with Gasteiger partial charge in [-0.2, -0.15) is 0 Å². The van der Waals surface area contributed by atoms with Crippen LogP contribution in [-0.4, -0.2) is 5.71 Å². The molecule has 0 amide bonds. The lowest BCUT2D eigenvalue weighted by Crippen LogP contribution is -2.15. The van der Waals surface area contributed by atoms with Crippen LogP contribution in [-0.2, 0) is 0 Å². The van der Waals surface area contributed by atoms with E-state index in [4.69, 9.17) is 0 Å². The molecule has 0 N–H and O–H groups in total. The lowest BCUT2D eigenvalue weighted by molar-refractivity contribution is 1.04. The van der Waals surface area contributed by atoms with Crippen molar-refractivity contribution in [2.75, 3.05) is 0 Å². The van der Waals surface area contributed by atoms with Gasteiger partial charge in [-0.1, -0.05) is 42.5 Å². The van der Waals surface area contributed by atoms with E-state index < -0.39 is 0 Å². The third kappa shape index (κ3) is 2.70. The fraction of sp³-hybridized carbons (Fsp3) is 0.0588. The number of hydrogen-bond acceptors (Lipinski definition) is 1. The molecule has 1 aliphatic heterocycles. The van der Waals surface area contributed by atoms with Crippen LogP contribution in [0.5, 0.6) is 0 Å². The van der Waals surface area contributed by atoms with Gasteiger partial charge in [-0.15, -0.1) is 5.73 Å². The second kappa shape index (κ2) is 5.55. The minimum atomic E-state index is 0.239. The molecule has 19 heavy (non-hydrogen) atoms. The van der Waals surface area contributed by atoms with Crippen molar-refractivity contribution in [3.8, 4) is 0 Å². The van der Waals surface area contributed by atoms with Crippen molar-refractivity contribution in [2.24, 2.45) is 10.9 Å². The van der Waals surface area contributed by atoms with E-state index in [1.165, 1.54) is 14.7 Å². The maximum Gasteiger partial charge on any atom is 0.0533 e. The Kier molecular flexibility index (Phi) is 3.62. The van der Waals surface area contributed by atoms with Gasteiger partial charge in [-0.25, -0.2) is 0 Å². The summed E-state index contributed by atoms with van der Waals surface area (Å²) in [7, 11) is 0. The van der Waals surface area contributed by atoms with Crippen LogP contribution < -0.4 is 0 Å². The lowest BCUT2D eigenvalue weighted by Gasteiger charge is -2.18. The molecule has 1 unspecified atom stereocenters. The molecule has 1 atom stereocenters. The molecule has 1 nitrogen and oxygen atoms in total. The van der Waals surface area contributed by atoms with Gasteiger partial charge in [-0.05, 0) is 46.4 Å². The van der Waals surface area contributed by atoms with Crippen LogP contribution in [0.2, 0.25) is 0 Å². The van der Waals surface area contributed by atoms with Gasteiger partial charge in [0.05, 0.1) is 11.6 Å². The van der Waals surface area contributed by atoms with E-state index in [0.29, 0.717) is 0 Å². The Hall–Kier alpha value is -1.64. The topological polar surface area (TPSA) is 12.4 Å². The highest BCUT2D eigenvalue weighted by atomic mass is 127. The molecule has 0 spiro atoms. The van der Waals surface area contributed by atoms with Crippen molar-refractivity contribution in [2.45, 2.75) is 0 Å². The predicted molar refractivity (Wildman–Crippen MR) is 89.2 cm³/mol. The van der Waals surface area contributed by atoms with Crippen molar-refractivity contribution < 1.29 is 0 Å². The van der Waals surface area contributed by atoms with Crippen LogP contribution in [0.15, 0.2) is 83.2 Å². The zero-order valence-electron chi connectivity index (χ0n) is 10.3. The minimum absolute atomic E-state index is 0.239. The molecular weight excluding hydrogens is 345 g/mol. The number of aliphatic imine (C=N–C) groups is 1. The third-order valence-electron chi connectivity index (χ3n) is 3.11. The average molecular weight is 357 g/mol. The summed E-state index contributed by atoms with van der Waals surface area (Å²) in [6.45, 7) is 0. The molecule has 0 fully saturated rings. The Morgan fingerprint density at radius 2 is 2.11 bits per heavy atom. The first-order valence-electron chi connectivity index (χ1n) is 6.15. The summed E-state index contributed by atoms with van der Waals surface area (Å²) in [6.07, 6.45) is 12.2. The van der Waals surface area contributed by atoms with E-state index in [1.807, 2.05) is 30.5 Å². The van der Waals surface area contributed by atoms with Crippen LogP contribution in [0.3, 0.4) is 0 Å². The molecule has 0 aromatic heterocycles. The summed E-state index contributed by atoms with van der Waals surface area (Å²) in [4.78, 5) is 4.51. The molecule has 2 heteroatoms. The Labute approximate surface area is 126 Å². The van der Waals surface area contributed by atoms with E-state index >= 15 is 0 Å². The Bertz CT molecular complexity index is 668. The average Bonchev–Trinajstić information content (AvgIpc) is 2.48. The van der Waals surface area contributed by atoms with Gasteiger partial charge < -0.3 is 0 Å². The fourth-order valence-electron chi connectivity index (χ4n) is 2.14. The highest BCUT2D eigenvalue weighted by Crippen LogP contribution is 2.27. The zero-order valence-corrected chi connectivity index (χ0v) is 12.4. The van der Waals surface area contributed by atoms with Gasteiger partial charge >= 0.3 is 0 Å². The highest BCUT2D eigenvalue weighted by molar-refractivity contribution is 14.1.